The van der Waals surface area contributed by atoms with E-state index in [-0.39, 0.29) is 23.0 Å². The van der Waals surface area contributed by atoms with E-state index in [1.54, 1.807) is 0 Å². The second kappa shape index (κ2) is 20.6. The van der Waals surface area contributed by atoms with Crippen molar-refractivity contribution in [3.05, 3.63) is 284 Å². The van der Waals surface area contributed by atoms with E-state index in [0.717, 1.165) is 135 Å². The maximum atomic E-state index is 7.60. The fraction of sp³-hybridized carbons (Fsp3) is 0.133. The Morgan fingerprint density at radius 2 is 0.598 bits per heavy atom. The molecule has 4 aliphatic heterocycles. The molecule has 0 bridgehead atoms. The largest absolute Gasteiger partial charge is 0.456 e. The Morgan fingerprint density at radius 1 is 0.278 bits per heavy atom. The van der Waals surface area contributed by atoms with Crippen LogP contribution in [0, 0.1) is 0 Å². The molecular formula is C90H71BN4O2. The number of nitrogens with zero attached hydrogens (tertiary/aromatic N) is 4. The van der Waals surface area contributed by atoms with Crippen LogP contribution in [0.1, 0.15) is 79.0 Å². The highest BCUT2D eigenvalue weighted by atomic mass is 16.5. The fourth-order valence-electron chi connectivity index (χ4n) is 16.8. The first-order valence-corrected chi connectivity index (χ1v) is 34.2. The lowest BCUT2D eigenvalue weighted by Gasteiger charge is -2.49. The highest BCUT2D eigenvalue weighted by molar-refractivity contribution is 7.00. The van der Waals surface area contributed by atoms with Gasteiger partial charge < -0.3 is 28.4 Å². The molecule has 0 N–H and O–H groups in total. The fourth-order valence-corrected chi connectivity index (χ4v) is 16.8. The van der Waals surface area contributed by atoms with E-state index >= 15 is 0 Å². The van der Waals surface area contributed by atoms with Gasteiger partial charge in [-0.05, 0) is 122 Å². The summed E-state index contributed by atoms with van der Waals surface area (Å²) in [6, 6.07) is 99.8. The van der Waals surface area contributed by atoms with Gasteiger partial charge in [-0.25, -0.2) is 0 Å². The smallest absolute Gasteiger partial charge is 0.252 e. The average molecular weight is 1250 g/mol. The van der Waals surface area contributed by atoms with E-state index in [0.29, 0.717) is 0 Å². The molecule has 2 aromatic heterocycles. The zero-order chi connectivity index (χ0) is 65.5. The van der Waals surface area contributed by atoms with Gasteiger partial charge in [0.25, 0.3) is 6.71 Å². The van der Waals surface area contributed by atoms with Gasteiger partial charge in [0.15, 0.2) is 0 Å². The van der Waals surface area contributed by atoms with Gasteiger partial charge in [0.1, 0.15) is 23.0 Å². The number of anilines is 6. The van der Waals surface area contributed by atoms with Crippen LogP contribution in [-0.4, -0.2) is 15.8 Å². The average Bonchev–Trinajstić information content (AvgIpc) is 0.861. The monoisotopic (exact) mass is 1250 g/mol. The predicted molar refractivity (Wildman–Crippen MR) is 407 cm³/mol. The summed E-state index contributed by atoms with van der Waals surface area (Å²) in [6.07, 6.45) is 0. The molecule has 4 aliphatic rings. The highest BCUT2D eigenvalue weighted by Crippen LogP contribution is 2.60. The molecule has 13 aromatic carbocycles. The van der Waals surface area contributed by atoms with Crippen LogP contribution in [0.25, 0.3) is 99.5 Å². The van der Waals surface area contributed by atoms with E-state index in [9.17, 15) is 0 Å². The lowest BCUT2D eigenvalue weighted by molar-refractivity contribution is 0.486. The molecule has 0 radical (unpaired) electrons. The number of hydrogen-bond acceptors (Lipinski definition) is 4. The SMILES string of the molecule is CC(C)(C)c1cc2c3c(c1)N1c4c(cccc4C(C)(C)C)-c4ccccc4Oc4ccccc4-c4c(-n5c6ccccc6c6ccccc65)ccc(c41)B3c1ccc(-n3c4ccccc4c4ccccc43)c3c1N2c1c(cccc1C(C)(C)C)-c1ccccc1Oc1ccccc1-3. The van der Waals surface area contributed by atoms with Crippen LogP contribution >= 0.6 is 0 Å². The summed E-state index contributed by atoms with van der Waals surface area (Å²) in [7, 11) is 0. The Hall–Kier alpha value is -11.3. The van der Waals surface area contributed by atoms with Gasteiger partial charge in [0.2, 0.25) is 0 Å². The summed E-state index contributed by atoms with van der Waals surface area (Å²) in [5, 5.41) is 4.80. The minimum atomic E-state index is -0.351. The second-order valence-corrected chi connectivity index (χ2v) is 29.9. The number of ether oxygens (including phenoxy) is 2. The minimum Gasteiger partial charge on any atom is -0.456 e. The van der Waals surface area contributed by atoms with Crippen molar-refractivity contribution in [2.75, 3.05) is 9.80 Å². The van der Waals surface area contributed by atoms with Gasteiger partial charge in [-0.1, -0.05) is 256 Å². The summed E-state index contributed by atoms with van der Waals surface area (Å²) >= 11 is 0. The number of para-hydroxylation sites is 10. The normalized spacial score (nSPS) is 13.5. The molecule has 7 heteroatoms. The standard InChI is InChI=1S/C90H71BN4O2/c1-88(2,3)54-52-75-83-76(53-54)95-85-62(37-27-39-66(85)90(7,8)9)60-33-15-23-45-78(60)97-80-47-25-17-35-64(80)82-74(93-71-42-20-12-30-57(71)58-31-13-21-43-72(58)93)51-49-68(87(82)95)91(83)67-48-50-73(92-69-40-18-10-28-55(69)56-29-11-19-41-70(56)92)81-63-34-16-24-46-79(63)96-77-44-22-14-32-59(77)61-36-26-38-65(89(4,5)6)84(61)94(75)86(67)81/h10-53H,1-9H3. The first-order chi connectivity index (χ1) is 47.1. The van der Waals surface area contributed by atoms with Crippen LogP contribution < -0.4 is 35.7 Å². The van der Waals surface area contributed by atoms with Crippen LogP contribution in [-0.2, 0) is 16.2 Å². The first-order valence-electron chi connectivity index (χ1n) is 34.2. The molecule has 6 nitrogen and oxygen atoms in total. The second-order valence-electron chi connectivity index (χ2n) is 29.9. The van der Waals surface area contributed by atoms with Gasteiger partial charge in [-0.2, -0.15) is 0 Å². The topological polar surface area (TPSA) is 34.8 Å². The first kappa shape index (κ1) is 57.2. The van der Waals surface area contributed by atoms with Crippen LogP contribution in [0.5, 0.6) is 23.0 Å². The zero-order valence-corrected chi connectivity index (χ0v) is 56.1. The summed E-state index contributed by atoms with van der Waals surface area (Å²) < 4.78 is 20.3. The Kier molecular flexibility index (Phi) is 12.2. The molecule has 0 amide bonds. The van der Waals surface area contributed by atoms with Crippen molar-refractivity contribution in [3.8, 4) is 78.9 Å². The number of aromatic nitrogens is 2. The molecule has 0 unspecified atom stereocenters. The van der Waals surface area contributed by atoms with Gasteiger partial charge in [0, 0.05) is 77.4 Å². The Labute approximate surface area is 566 Å². The summed E-state index contributed by atoms with van der Waals surface area (Å²) in [6.45, 7) is 21.1. The van der Waals surface area contributed by atoms with Crippen LogP contribution in [0.15, 0.2) is 267 Å². The molecule has 0 aliphatic carbocycles. The molecule has 0 fully saturated rings. The molecule has 0 atom stereocenters. The maximum absolute atomic E-state index is 7.60. The van der Waals surface area contributed by atoms with Crippen molar-refractivity contribution in [3.63, 3.8) is 0 Å². The summed E-state index contributed by atoms with van der Waals surface area (Å²) in [4.78, 5) is 5.52. The maximum Gasteiger partial charge on any atom is 0.252 e. The van der Waals surface area contributed by atoms with Crippen molar-refractivity contribution in [2.24, 2.45) is 0 Å². The van der Waals surface area contributed by atoms with Crippen molar-refractivity contribution in [1.82, 2.24) is 9.13 Å². The number of hydrogen-bond donors (Lipinski definition) is 0. The van der Waals surface area contributed by atoms with Gasteiger partial charge in [-0.3, -0.25) is 0 Å². The summed E-state index contributed by atoms with van der Waals surface area (Å²) in [5.41, 5.74) is 28.1. The van der Waals surface area contributed by atoms with Crippen LogP contribution in [0.2, 0.25) is 0 Å². The Bertz CT molecular complexity index is 5430. The molecule has 0 saturated heterocycles. The van der Waals surface area contributed by atoms with Gasteiger partial charge in [-0.15, -0.1) is 0 Å². The van der Waals surface area contributed by atoms with E-state index in [4.69, 9.17) is 9.47 Å². The van der Waals surface area contributed by atoms with E-state index in [1.165, 1.54) is 54.6 Å². The molecular weight excluding hydrogens is 1180 g/mol. The Balaban J connectivity index is 1.07. The van der Waals surface area contributed by atoms with Crippen molar-refractivity contribution in [1.29, 1.82) is 0 Å². The third-order valence-electron chi connectivity index (χ3n) is 21.1. The molecule has 0 saturated carbocycles. The highest BCUT2D eigenvalue weighted by Gasteiger charge is 2.50. The van der Waals surface area contributed by atoms with E-state index in [2.05, 4.69) is 348 Å². The summed E-state index contributed by atoms with van der Waals surface area (Å²) in [5.74, 6) is 3.15. The van der Waals surface area contributed by atoms with Crippen molar-refractivity contribution >= 4 is 101 Å². The lowest BCUT2D eigenvalue weighted by atomic mass is 9.33. The molecule has 466 valence electrons. The quantitative estimate of drug-likeness (QED) is 0.162. The molecule has 6 heterocycles. The van der Waals surface area contributed by atoms with Gasteiger partial charge >= 0.3 is 0 Å². The lowest BCUT2D eigenvalue weighted by Crippen LogP contribution is -2.62. The van der Waals surface area contributed by atoms with Crippen LogP contribution in [0.4, 0.5) is 34.1 Å². The number of benzene rings is 13. The van der Waals surface area contributed by atoms with Crippen molar-refractivity contribution in [2.45, 2.75) is 78.6 Å². The molecule has 0 spiro atoms. The van der Waals surface area contributed by atoms with E-state index < -0.39 is 0 Å². The van der Waals surface area contributed by atoms with Crippen molar-refractivity contribution < 1.29 is 9.47 Å². The van der Waals surface area contributed by atoms with Gasteiger partial charge in [0.05, 0.1) is 56.2 Å². The zero-order valence-electron chi connectivity index (χ0n) is 56.1. The Morgan fingerprint density at radius 3 is 0.959 bits per heavy atom. The van der Waals surface area contributed by atoms with Crippen LogP contribution in [0.3, 0.4) is 0 Å². The predicted octanol–water partition coefficient (Wildman–Crippen LogP) is 22.7. The molecule has 19 rings (SSSR count). The van der Waals surface area contributed by atoms with E-state index in [1.807, 2.05) is 0 Å². The molecule has 15 aromatic rings. The third-order valence-corrected chi connectivity index (χ3v) is 21.1. The third kappa shape index (κ3) is 8.27. The number of fused-ring (bicyclic) bond motifs is 22. The number of rotatable bonds is 2. The molecule has 97 heavy (non-hydrogen) atoms. The minimum absolute atomic E-state index is 0.337.